The standard InChI is InChI=1S/C11H17BrO2/c1-9(2)5-11(7-14-9)10(6-12)3-8(10)4-13-11/h8H,3-7H2,1-2H3. The third kappa shape index (κ3) is 0.987. The first-order valence-corrected chi connectivity index (χ1v) is 6.50. The van der Waals surface area contributed by atoms with E-state index in [-0.39, 0.29) is 11.2 Å². The van der Waals surface area contributed by atoms with Gasteiger partial charge in [0.25, 0.3) is 0 Å². The van der Waals surface area contributed by atoms with Crippen molar-refractivity contribution >= 4 is 15.9 Å². The van der Waals surface area contributed by atoms with Gasteiger partial charge < -0.3 is 9.47 Å². The van der Waals surface area contributed by atoms with Crippen LogP contribution >= 0.6 is 15.9 Å². The quantitative estimate of drug-likeness (QED) is 0.674. The normalized spacial score (nSPS) is 53.8. The van der Waals surface area contributed by atoms with Gasteiger partial charge in [-0.05, 0) is 26.2 Å². The SMILES string of the molecule is CC1(C)CC2(CO1)OCC1CC12CBr. The summed E-state index contributed by atoms with van der Waals surface area (Å²) < 4.78 is 11.9. The summed E-state index contributed by atoms with van der Waals surface area (Å²) in [5.41, 5.74) is 0.443. The van der Waals surface area contributed by atoms with Crippen molar-refractivity contribution in [3.8, 4) is 0 Å². The van der Waals surface area contributed by atoms with Gasteiger partial charge in [-0.1, -0.05) is 15.9 Å². The maximum absolute atomic E-state index is 6.04. The summed E-state index contributed by atoms with van der Waals surface area (Å²) in [5, 5.41) is 1.07. The van der Waals surface area contributed by atoms with E-state index in [2.05, 4.69) is 29.8 Å². The second-order valence-corrected chi connectivity index (χ2v) is 6.28. The first kappa shape index (κ1) is 9.61. The molecule has 1 aliphatic carbocycles. The Bertz CT molecular complexity index is 274. The fourth-order valence-corrected chi connectivity index (χ4v) is 4.56. The van der Waals surface area contributed by atoms with Gasteiger partial charge >= 0.3 is 0 Å². The fraction of sp³-hybridized carbons (Fsp3) is 1.00. The largest absolute Gasteiger partial charge is 0.372 e. The molecule has 14 heavy (non-hydrogen) atoms. The molecule has 0 amide bonds. The first-order valence-electron chi connectivity index (χ1n) is 5.38. The second-order valence-electron chi connectivity index (χ2n) is 5.72. The van der Waals surface area contributed by atoms with Gasteiger partial charge in [-0.2, -0.15) is 0 Å². The van der Waals surface area contributed by atoms with E-state index in [4.69, 9.17) is 9.47 Å². The van der Waals surface area contributed by atoms with E-state index in [1.54, 1.807) is 0 Å². The lowest BCUT2D eigenvalue weighted by Crippen LogP contribution is -2.42. The van der Waals surface area contributed by atoms with E-state index in [1.807, 2.05) is 0 Å². The molecule has 80 valence electrons. The minimum atomic E-state index is 0.00660. The van der Waals surface area contributed by atoms with E-state index < -0.39 is 0 Å². The van der Waals surface area contributed by atoms with Crippen LogP contribution in [0.1, 0.15) is 26.7 Å². The van der Waals surface area contributed by atoms with Crippen LogP contribution in [0.4, 0.5) is 0 Å². The minimum absolute atomic E-state index is 0.00660. The molecule has 1 spiro atoms. The van der Waals surface area contributed by atoms with Crippen LogP contribution in [0.15, 0.2) is 0 Å². The van der Waals surface area contributed by atoms with Crippen molar-refractivity contribution in [3.05, 3.63) is 0 Å². The molecule has 0 aromatic heterocycles. The van der Waals surface area contributed by atoms with Gasteiger partial charge in [0.2, 0.25) is 0 Å². The molecule has 0 bridgehead atoms. The Morgan fingerprint density at radius 1 is 1.36 bits per heavy atom. The monoisotopic (exact) mass is 260 g/mol. The predicted octanol–water partition coefficient (Wildman–Crippen LogP) is 2.36. The zero-order chi connectivity index (χ0) is 10.0. The molecule has 3 aliphatic rings. The summed E-state index contributed by atoms with van der Waals surface area (Å²) >= 11 is 3.66. The van der Waals surface area contributed by atoms with E-state index in [1.165, 1.54) is 6.42 Å². The van der Waals surface area contributed by atoms with Crippen molar-refractivity contribution in [1.29, 1.82) is 0 Å². The minimum Gasteiger partial charge on any atom is -0.372 e. The second kappa shape index (κ2) is 2.55. The average Bonchev–Trinajstić information content (AvgIpc) is 2.69. The van der Waals surface area contributed by atoms with E-state index in [0.29, 0.717) is 5.41 Å². The van der Waals surface area contributed by atoms with Crippen molar-refractivity contribution in [1.82, 2.24) is 0 Å². The highest BCUT2D eigenvalue weighted by Gasteiger charge is 2.73. The van der Waals surface area contributed by atoms with Crippen molar-refractivity contribution in [2.75, 3.05) is 18.5 Å². The maximum Gasteiger partial charge on any atom is 0.101 e. The summed E-state index contributed by atoms with van der Waals surface area (Å²) in [6.45, 7) is 6.08. The third-order valence-corrected chi connectivity index (χ3v) is 5.35. The van der Waals surface area contributed by atoms with Crippen LogP contribution in [-0.2, 0) is 9.47 Å². The van der Waals surface area contributed by atoms with Crippen molar-refractivity contribution in [2.45, 2.75) is 37.9 Å². The molecule has 1 saturated carbocycles. The molecule has 3 fully saturated rings. The lowest BCUT2D eigenvalue weighted by atomic mass is 9.80. The number of ether oxygens (including phenoxy) is 2. The highest BCUT2D eigenvalue weighted by atomic mass is 79.9. The van der Waals surface area contributed by atoms with Gasteiger partial charge in [-0.25, -0.2) is 0 Å². The smallest absolute Gasteiger partial charge is 0.101 e. The first-order chi connectivity index (χ1) is 6.54. The molecule has 2 saturated heterocycles. The molecule has 3 heteroatoms. The fourth-order valence-electron chi connectivity index (χ4n) is 3.36. The van der Waals surface area contributed by atoms with Crippen molar-refractivity contribution in [2.24, 2.45) is 11.3 Å². The summed E-state index contributed by atoms with van der Waals surface area (Å²) in [5.74, 6) is 0.791. The van der Waals surface area contributed by atoms with Gasteiger partial charge in [0.15, 0.2) is 0 Å². The molecule has 3 unspecified atom stereocenters. The highest BCUT2D eigenvalue weighted by Crippen LogP contribution is 2.69. The molecule has 2 aliphatic heterocycles. The topological polar surface area (TPSA) is 18.5 Å². The Morgan fingerprint density at radius 2 is 2.14 bits per heavy atom. The Morgan fingerprint density at radius 3 is 2.64 bits per heavy atom. The zero-order valence-electron chi connectivity index (χ0n) is 8.81. The van der Waals surface area contributed by atoms with Crippen LogP contribution in [0, 0.1) is 11.3 Å². The van der Waals surface area contributed by atoms with Crippen LogP contribution in [-0.4, -0.2) is 29.7 Å². The van der Waals surface area contributed by atoms with Gasteiger partial charge in [0.05, 0.1) is 18.8 Å². The molecule has 0 aromatic rings. The summed E-state index contributed by atoms with van der Waals surface area (Å²) in [6.07, 6.45) is 2.39. The van der Waals surface area contributed by atoms with Crippen LogP contribution in [0.2, 0.25) is 0 Å². The lowest BCUT2D eigenvalue weighted by Gasteiger charge is -2.32. The van der Waals surface area contributed by atoms with Gasteiger partial charge in [0.1, 0.15) is 5.60 Å². The van der Waals surface area contributed by atoms with Gasteiger partial charge in [0, 0.05) is 17.2 Å². The molecule has 0 N–H and O–H groups in total. The molecule has 3 rings (SSSR count). The Hall–Kier alpha value is 0.400. The number of hydrogen-bond acceptors (Lipinski definition) is 2. The molecule has 3 atom stereocenters. The van der Waals surface area contributed by atoms with E-state index in [0.717, 1.165) is 30.9 Å². The van der Waals surface area contributed by atoms with E-state index in [9.17, 15) is 0 Å². The molecular formula is C11H17BrO2. The zero-order valence-corrected chi connectivity index (χ0v) is 10.4. The third-order valence-electron chi connectivity index (χ3n) is 4.35. The van der Waals surface area contributed by atoms with Crippen molar-refractivity contribution < 1.29 is 9.47 Å². The van der Waals surface area contributed by atoms with Crippen LogP contribution in [0.3, 0.4) is 0 Å². The summed E-state index contributed by atoms with van der Waals surface area (Å²) in [4.78, 5) is 0. The predicted molar refractivity (Wildman–Crippen MR) is 57.7 cm³/mol. The molecule has 0 aromatic carbocycles. The summed E-state index contributed by atoms with van der Waals surface area (Å²) in [7, 11) is 0. The van der Waals surface area contributed by atoms with Gasteiger partial charge in [-0.3, -0.25) is 0 Å². The number of rotatable bonds is 1. The van der Waals surface area contributed by atoms with E-state index >= 15 is 0 Å². The number of alkyl halides is 1. The number of hydrogen-bond donors (Lipinski definition) is 0. The number of halogens is 1. The van der Waals surface area contributed by atoms with Gasteiger partial charge in [-0.15, -0.1) is 0 Å². The maximum atomic E-state index is 6.04. The molecular weight excluding hydrogens is 244 g/mol. The molecule has 2 heterocycles. The van der Waals surface area contributed by atoms with Crippen LogP contribution in [0.25, 0.3) is 0 Å². The Balaban J connectivity index is 1.91. The lowest BCUT2D eigenvalue weighted by molar-refractivity contribution is -0.0534. The molecule has 2 nitrogen and oxygen atoms in total. The number of fused-ring (bicyclic) bond motifs is 2. The average molecular weight is 261 g/mol. The highest BCUT2D eigenvalue weighted by molar-refractivity contribution is 9.09. The van der Waals surface area contributed by atoms with Crippen LogP contribution < -0.4 is 0 Å². The Kier molecular flexibility index (Phi) is 1.75. The van der Waals surface area contributed by atoms with Crippen molar-refractivity contribution in [3.63, 3.8) is 0 Å². The van der Waals surface area contributed by atoms with Crippen LogP contribution in [0.5, 0.6) is 0 Å². The summed E-state index contributed by atoms with van der Waals surface area (Å²) in [6, 6.07) is 0. The molecule has 0 radical (unpaired) electrons. The Labute approximate surface area is 93.5 Å².